The lowest BCUT2D eigenvalue weighted by Crippen LogP contribution is -2.37. The van der Waals surface area contributed by atoms with Crippen molar-refractivity contribution < 1.29 is 18.7 Å². The van der Waals surface area contributed by atoms with E-state index in [2.05, 4.69) is 0 Å². The van der Waals surface area contributed by atoms with E-state index in [0.29, 0.717) is 24.4 Å². The van der Waals surface area contributed by atoms with E-state index in [1.807, 2.05) is 4.90 Å². The predicted molar refractivity (Wildman–Crippen MR) is 107 cm³/mol. The monoisotopic (exact) mass is 396 g/mol. The van der Waals surface area contributed by atoms with Crippen LogP contribution in [-0.4, -0.2) is 54.9 Å². The number of halogens is 1. The zero-order chi connectivity index (χ0) is 20.4. The second kappa shape index (κ2) is 8.23. The largest absolute Gasteiger partial charge is 0.497 e. The lowest BCUT2D eigenvalue weighted by molar-refractivity contribution is -0.134. The molecule has 0 saturated carbocycles. The number of ether oxygens (including phenoxy) is 1. The Kier molecular flexibility index (Phi) is 5.51. The summed E-state index contributed by atoms with van der Waals surface area (Å²) in [7, 11) is 1.56. The minimum absolute atomic E-state index is 0.0952. The Morgan fingerprint density at radius 2 is 1.72 bits per heavy atom. The highest BCUT2D eigenvalue weighted by Crippen LogP contribution is 2.35. The summed E-state index contributed by atoms with van der Waals surface area (Å²) >= 11 is 0. The van der Waals surface area contributed by atoms with E-state index >= 15 is 0 Å². The van der Waals surface area contributed by atoms with Gasteiger partial charge in [0, 0.05) is 37.7 Å². The predicted octanol–water partition coefficient (Wildman–Crippen LogP) is 3.31. The maximum absolute atomic E-state index is 13.4. The van der Waals surface area contributed by atoms with Gasteiger partial charge >= 0.3 is 0 Å². The molecular formula is C23H25FN2O3. The van der Waals surface area contributed by atoms with Gasteiger partial charge in [-0.25, -0.2) is 4.39 Å². The smallest absolute Gasteiger partial charge is 0.254 e. The van der Waals surface area contributed by atoms with Crippen molar-refractivity contribution in [1.82, 2.24) is 9.80 Å². The van der Waals surface area contributed by atoms with E-state index in [1.54, 1.807) is 48.4 Å². The fraction of sp³-hybridized carbons (Fsp3) is 0.391. The Morgan fingerprint density at radius 3 is 2.41 bits per heavy atom. The van der Waals surface area contributed by atoms with Crippen molar-refractivity contribution in [3.05, 3.63) is 65.5 Å². The SMILES string of the molecule is COc1cccc(C(=O)N2CC(C(=O)N3CCCC3)C(c3ccc(F)cc3)C2)c1. The van der Waals surface area contributed by atoms with Gasteiger partial charge in [-0.3, -0.25) is 9.59 Å². The molecule has 6 heteroatoms. The molecule has 2 aliphatic rings. The van der Waals surface area contributed by atoms with Gasteiger partial charge in [-0.2, -0.15) is 0 Å². The molecule has 0 radical (unpaired) electrons. The van der Waals surface area contributed by atoms with Crippen LogP contribution >= 0.6 is 0 Å². The van der Waals surface area contributed by atoms with Gasteiger partial charge in [-0.1, -0.05) is 18.2 Å². The number of nitrogens with zero attached hydrogens (tertiary/aromatic N) is 2. The van der Waals surface area contributed by atoms with Crippen molar-refractivity contribution >= 4 is 11.8 Å². The van der Waals surface area contributed by atoms with Gasteiger partial charge in [0.05, 0.1) is 13.0 Å². The first-order chi connectivity index (χ1) is 14.1. The Labute approximate surface area is 170 Å². The molecule has 5 nitrogen and oxygen atoms in total. The number of carbonyl (C=O) groups is 2. The van der Waals surface area contributed by atoms with Gasteiger partial charge < -0.3 is 14.5 Å². The van der Waals surface area contributed by atoms with Crippen LogP contribution in [0.4, 0.5) is 4.39 Å². The van der Waals surface area contributed by atoms with Crippen LogP contribution in [0.2, 0.25) is 0 Å². The Balaban J connectivity index is 1.60. The number of hydrogen-bond donors (Lipinski definition) is 0. The molecule has 2 aromatic rings. The molecule has 152 valence electrons. The average Bonchev–Trinajstić information content (AvgIpc) is 3.44. The molecule has 0 aliphatic carbocycles. The van der Waals surface area contributed by atoms with Crippen LogP contribution < -0.4 is 4.74 Å². The molecule has 2 amide bonds. The van der Waals surface area contributed by atoms with Crippen molar-refractivity contribution in [2.75, 3.05) is 33.3 Å². The second-order valence-electron chi connectivity index (χ2n) is 7.74. The second-order valence-corrected chi connectivity index (χ2v) is 7.74. The van der Waals surface area contributed by atoms with Crippen LogP contribution in [0.5, 0.6) is 5.75 Å². The standard InChI is InChI=1S/C23H25FN2O3/c1-29-19-6-4-5-17(13-19)22(27)26-14-20(16-7-9-18(24)10-8-16)21(15-26)23(28)25-11-2-3-12-25/h4-10,13,20-21H,2-3,11-12,14-15H2,1H3. The molecule has 4 rings (SSSR count). The Morgan fingerprint density at radius 1 is 1.00 bits per heavy atom. The summed E-state index contributed by atoms with van der Waals surface area (Å²) in [5, 5.41) is 0. The average molecular weight is 396 g/mol. The molecule has 2 atom stereocenters. The highest BCUT2D eigenvalue weighted by molar-refractivity contribution is 5.95. The van der Waals surface area contributed by atoms with Gasteiger partial charge in [-0.05, 0) is 48.7 Å². The molecule has 2 heterocycles. The summed E-state index contributed by atoms with van der Waals surface area (Å²) in [6, 6.07) is 13.3. The normalized spacial score (nSPS) is 21.4. The van der Waals surface area contributed by atoms with E-state index in [0.717, 1.165) is 31.5 Å². The van der Waals surface area contributed by atoms with Crippen LogP contribution in [0, 0.1) is 11.7 Å². The van der Waals surface area contributed by atoms with E-state index in [4.69, 9.17) is 4.74 Å². The summed E-state index contributed by atoms with van der Waals surface area (Å²) in [5.74, 6) is -0.162. The summed E-state index contributed by atoms with van der Waals surface area (Å²) in [4.78, 5) is 30.0. The number of hydrogen-bond acceptors (Lipinski definition) is 3. The number of rotatable bonds is 4. The van der Waals surface area contributed by atoms with Crippen molar-refractivity contribution in [3.8, 4) is 5.75 Å². The lowest BCUT2D eigenvalue weighted by Gasteiger charge is -2.24. The fourth-order valence-corrected chi connectivity index (χ4v) is 4.38. The molecule has 2 fully saturated rings. The lowest BCUT2D eigenvalue weighted by atomic mass is 9.88. The number of likely N-dealkylation sites (tertiary alicyclic amines) is 2. The Hall–Kier alpha value is -2.89. The van der Waals surface area contributed by atoms with Crippen LogP contribution in [-0.2, 0) is 4.79 Å². The third kappa shape index (κ3) is 3.97. The molecule has 0 aromatic heterocycles. The summed E-state index contributed by atoms with van der Waals surface area (Å²) in [5.41, 5.74) is 1.43. The molecule has 2 saturated heterocycles. The maximum atomic E-state index is 13.4. The minimum Gasteiger partial charge on any atom is -0.497 e. The molecule has 0 N–H and O–H groups in total. The van der Waals surface area contributed by atoms with Crippen LogP contribution in [0.25, 0.3) is 0 Å². The van der Waals surface area contributed by atoms with Crippen molar-refractivity contribution in [3.63, 3.8) is 0 Å². The zero-order valence-corrected chi connectivity index (χ0v) is 16.5. The van der Waals surface area contributed by atoms with Gasteiger partial charge in [0.15, 0.2) is 0 Å². The number of benzene rings is 2. The highest BCUT2D eigenvalue weighted by Gasteiger charge is 2.42. The van der Waals surface area contributed by atoms with Crippen LogP contribution in [0.3, 0.4) is 0 Å². The summed E-state index contributed by atoms with van der Waals surface area (Å²) in [6.07, 6.45) is 2.04. The van der Waals surface area contributed by atoms with E-state index in [1.165, 1.54) is 12.1 Å². The molecule has 2 aliphatic heterocycles. The van der Waals surface area contributed by atoms with E-state index < -0.39 is 0 Å². The van der Waals surface area contributed by atoms with Crippen LogP contribution in [0.15, 0.2) is 48.5 Å². The van der Waals surface area contributed by atoms with Crippen molar-refractivity contribution in [2.24, 2.45) is 5.92 Å². The van der Waals surface area contributed by atoms with Crippen molar-refractivity contribution in [2.45, 2.75) is 18.8 Å². The summed E-state index contributed by atoms with van der Waals surface area (Å²) < 4.78 is 18.7. The first-order valence-corrected chi connectivity index (χ1v) is 10.0. The highest BCUT2D eigenvalue weighted by atomic mass is 19.1. The van der Waals surface area contributed by atoms with Gasteiger partial charge in [0.2, 0.25) is 5.91 Å². The number of carbonyl (C=O) groups excluding carboxylic acids is 2. The van der Waals surface area contributed by atoms with Gasteiger partial charge in [0.25, 0.3) is 5.91 Å². The first-order valence-electron chi connectivity index (χ1n) is 10.0. The molecular weight excluding hydrogens is 371 g/mol. The van der Waals surface area contributed by atoms with Crippen molar-refractivity contribution in [1.29, 1.82) is 0 Å². The first kappa shape index (κ1) is 19.4. The fourth-order valence-electron chi connectivity index (χ4n) is 4.38. The van der Waals surface area contributed by atoms with Gasteiger partial charge in [0.1, 0.15) is 11.6 Å². The quantitative estimate of drug-likeness (QED) is 0.797. The topological polar surface area (TPSA) is 49.9 Å². The van der Waals surface area contributed by atoms with E-state index in [-0.39, 0.29) is 29.5 Å². The van der Waals surface area contributed by atoms with E-state index in [9.17, 15) is 14.0 Å². The molecule has 0 spiro atoms. The Bertz CT molecular complexity index is 893. The summed E-state index contributed by atoms with van der Waals surface area (Å²) in [6.45, 7) is 2.35. The maximum Gasteiger partial charge on any atom is 0.254 e. The number of methoxy groups -OCH3 is 1. The third-order valence-electron chi connectivity index (χ3n) is 5.96. The molecule has 29 heavy (non-hydrogen) atoms. The van der Waals surface area contributed by atoms with Gasteiger partial charge in [-0.15, -0.1) is 0 Å². The van der Waals surface area contributed by atoms with Crippen LogP contribution in [0.1, 0.15) is 34.7 Å². The minimum atomic E-state index is -0.312. The third-order valence-corrected chi connectivity index (χ3v) is 5.96. The molecule has 0 bridgehead atoms. The number of amides is 2. The zero-order valence-electron chi connectivity index (χ0n) is 16.5. The molecule has 2 unspecified atom stereocenters. The molecule has 2 aromatic carbocycles.